The molecule has 2 heterocycles. The summed E-state index contributed by atoms with van der Waals surface area (Å²) in [7, 11) is 0. The topological polar surface area (TPSA) is 32.7 Å². The minimum Gasteiger partial charge on any atom is -0.435 e. The molecule has 2 aromatic rings. The molecule has 2 aliphatic heterocycles. The molecule has 0 radical (unpaired) electrons. The van der Waals surface area contributed by atoms with Gasteiger partial charge in [-0.25, -0.2) is 0 Å². The molecule has 0 aliphatic carbocycles. The Hall–Kier alpha value is -1.98. The summed E-state index contributed by atoms with van der Waals surface area (Å²) in [5.41, 5.74) is 1.35. The number of halogens is 2. The molecule has 0 saturated carbocycles. The molecule has 2 aliphatic rings. The van der Waals surface area contributed by atoms with E-state index in [9.17, 15) is 13.9 Å². The van der Waals surface area contributed by atoms with E-state index in [0.717, 1.165) is 37.8 Å². The van der Waals surface area contributed by atoms with E-state index < -0.39 is 12.2 Å². The lowest BCUT2D eigenvalue weighted by Crippen LogP contribution is -2.51. The molecular formula is C22H25F2NO2. The van der Waals surface area contributed by atoms with Crippen molar-refractivity contribution in [2.75, 3.05) is 0 Å². The fourth-order valence-electron chi connectivity index (χ4n) is 4.82. The molecule has 2 fully saturated rings. The Kier molecular flexibility index (Phi) is 5.15. The highest BCUT2D eigenvalue weighted by Crippen LogP contribution is 2.43. The van der Waals surface area contributed by atoms with Gasteiger partial charge < -0.3 is 9.84 Å². The SMILES string of the molecule is OC1(Cc2cccc(OC(F)F)c2)CC2CCC(C1)N2Cc1ccccc1. The van der Waals surface area contributed by atoms with Crippen LogP contribution in [-0.2, 0) is 13.0 Å². The van der Waals surface area contributed by atoms with Gasteiger partial charge in [0.2, 0.25) is 0 Å². The Morgan fingerprint density at radius 1 is 1.00 bits per heavy atom. The van der Waals surface area contributed by atoms with Crippen molar-refractivity contribution in [1.29, 1.82) is 0 Å². The van der Waals surface area contributed by atoms with E-state index in [2.05, 4.69) is 33.9 Å². The Morgan fingerprint density at radius 2 is 1.67 bits per heavy atom. The molecule has 0 amide bonds. The second-order valence-corrected chi connectivity index (χ2v) is 7.88. The summed E-state index contributed by atoms with van der Waals surface area (Å²) in [6, 6.07) is 17.9. The van der Waals surface area contributed by atoms with E-state index in [4.69, 9.17) is 0 Å². The first kappa shape index (κ1) is 18.4. The van der Waals surface area contributed by atoms with Crippen LogP contribution in [0.1, 0.15) is 36.8 Å². The molecule has 27 heavy (non-hydrogen) atoms. The maximum absolute atomic E-state index is 12.4. The average molecular weight is 373 g/mol. The third kappa shape index (κ3) is 4.30. The smallest absolute Gasteiger partial charge is 0.387 e. The highest BCUT2D eigenvalue weighted by Gasteiger charge is 2.47. The quantitative estimate of drug-likeness (QED) is 0.815. The van der Waals surface area contributed by atoms with Crippen LogP contribution in [0.25, 0.3) is 0 Å². The molecule has 0 aromatic heterocycles. The minimum absolute atomic E-state index is 0.149. The van der Waals surface area contributed by atoms with E-state index in [1.165, 1.54) is 11.6 Å². The Labute approximate surface area is 158 Å². The number of aliphatic hydroxyl groups is 1. The molecule has 144 valence electrons. The minimum atomic E-state index is -2.83. The molecule has 2 bridgehead atoms. The van der Waals surface area contributed by atoms with Crippen LogP contribution in [0, 0.1) is 0 Å². The average Bonchev–Trinajstić information content (AvgIpc) is 2.86. The van der Waals surface area contributed by atoms with Crippen molar-refractivity contribution in [3.8, 4) is 5.75 Å². The highest BCUT2D eigenvalue weighted by molar-refractivity contribution is 5.30. The van der Waals surface area contributed by atoms with Gasteiger partial charge in [-0.2, -0.15) is 8.78 Å². The van der Waals surface area contributed by atoms with Gasteiger partial charge in [0.25, 0.3) is 0 Å². The van der Waals surface area contributed by atoms with Crippen molar-refractivity contribution < 1.29 is 18.6 Å². The summed E-state index contributed by atoms with van der Waals surface area (Å²) in [5, 5.41) is 11.2. The lowest BCUT2D eigenvalue weighted by Gasteiger charge is -2.44. The third-order valence-corrected chi connectivity index (χ3v) is 5.87. The fourth-order valence-corrected chi connectivity index (χ4v) is 4.82. The first-order chi connectivity index (χ1) is 13.0. The molecule has 2 saturated heterocycles. The van der Waals surface area contributed by atoms with Crippen molar-refractivity contribution >= 4 is 0 Å². The van der Waals surface area contributed by atoms with Crippen LogP contribution in [-0.4, -0.2) is 34.3 Å². The van der Waals surface area contributed by atoms with Crippen molar-refractivity contribution in [1.82, 2.24) is 4.90 Å². The standard InChI is InChI=1S/C22H25F2NO2/c23-21(24)27-20-8-4-7-17(11-20)12-22(26)13-18-9-10-19(14-22)25(18)15-16-5-2-1-3-6-16/h1-8,11,18-19,21,26H,9-10,12-15H2. The summed E-state index contributed by atoms with van der Waals surface area (Å²) >= 11 is 0. The van der Waals surface area contributed by atoms with E-state index >= 15 is 0 Å². The number of alkyl halides is 2. The number of rotatable bonds is 6. The van der Waals surface area contributed by atoms with E-state index in [1.807, 2.05) is 12.1 Å². The van der Waals surface area contributed by atoms with Crippen LogP contribution in [0.3, 0.4) is 0 Å². The van der Waals surface area contributed by atoms with Crippen molar-refractivity contribution in [2.45, 2.75) is 62.9 Å². The monoisotopic (exact) mass is 373 g/mol. The Morgan fingerprint density at radius 3 is 2.33 bits per heavy atom. The number of benzene rings is 2. The zero-order chi connectivity index (χ0) is 18.9. The summed E-state index contributed by atoms with van der Waals surface area (Å²) in [6.45, 7) is -1.91. The van der Waals surface area contributed by atoms with Gasteiger partial charge in [0.1, 0.15) is 5.75 Å². The zero-order valence-electron chi connectivity index (χ0n) is 15.2. The van der Waals surface area contributed by atoms with Crippen LogP contribution in [0.4, 0.5) is 8.78 Å². The van der Waals surface area contributed by atoms with E-state index in [-0.39, 0.29) is 5.75 Å². The Bertz CT molecular complexity index is 754. The van der Waals surface area contributed by atoms with Crippen LogP contribution in [0.15, 0.2) is 54.6 Å². The van der Waals surface area contributed by atoms with Gasteiger partial charge in [-0.1, -0.05) is 42.5 Å². The lowest BCUT2D eigenvalue weighted by molar-refractivity contribution is -0.0545. The number of piperidine rings is 1. The van der Waals surface area contributed by atoms with Gasteiger partial charge >= 0.3 is 6.61 Å². The van der Waals surface area contributed by atoms with Crippen molar-refractivity contribution in [3.05, 3.63) is 65.7 Å². The summed E-state index contributed by atoms with van der Waals surface area (Å²) in [4.78, 5) is 2.53. The maximum Gasteiger partial charge on any atom is 0.387 e. The van der Waals surface area contributed by atoms with Crippen molar-refractivity contribution in [3.63, 3.8) is 0 Å². The van der Waals surface area contributed by atoms with E-state index in [1.54, 1.807) is 12.1 Å². The molecule has 2 unspecified atom stereocenters. The predicted molar refractivity (Wildman–Crippen MR) is 99.8 cm³/mol. The second kappa shape index (κ2) is 7.56. The third-order valence-electron chi connectivity index (χ3n) is 5.87. The van der Waals surface area contributed by atoms with Gasteiger partial charge in [0, 0.05) is 25.0 Å². The Balaban J connectivity index is 1.44. The molecule has 0 spiro atoms. The number of ether oxygens (including phenoxy) is 1. The first-order valence-corrected chi connectivity index (χ1v) is 9.57. The summed E-state index contributed by atoms with van der Waals surface area (Å²) in [5.74, 6) is 0.149. The normalized spacial score (nSPS) is 27.9. The number of fused-ring (bicyclic) bond motifs is 2. The maximum atomic E-state index is 12.4. The molecule has 2 aromatic carbocycles. The fraction of sp³-hybridized carbons (Fsp3) is 0.455. The van der Waals surface area contributed by atoms with Crippen LogP contribution in [0.5, 0.6) is 5.75 Å². The van der Waals surface area contributed by atoms with Crippen molar-refractivity contribution in [2.24, 2.45) is 0 Å². The van der Waals surface area contributed by atoms with Gasteiger partial charge in [0.05, 0.1) is 5.60 Å². The first-order valence-electron chi connectivity index (χ1n) is 9.57. The van der Waals surface area contributed by atoms with E-state index in [0.29, 0.717) is 18.5 Å². The number of hydrogen-bond donors (Lipinski definition) is 1. The van der Waals surface area contributed by atoms with Gasteiger partial charge in [-0.15, -0.1) is 0 Å². The van der Waals surface area contributed by atoms with Crippen LogP contribution < -0.4 is 4.74 Å². The summed E-state index contributed by atoms with van der Waals surface area (Å²) < 4.78 is 29.4. The van der Waals surface area contributed by atoms with Gasteiger partial charge in [-0.3, -0.25) is 4.90 Å². The predicted octanol–water partition coefficient (Wildman–Crippen LogP) is 4.39. The van der Waals surface area contributed by atoms with Crippen LogP contribution in [0.2, 0.25) is 0 Å². The molecular weight excluding hydrogens is 348 g/mol. The number of hydrogen-bond acceptors (Lipinski definition) is 3. The molecule has 2 atom stereocenters. The molecule has 1 N–H and O–H groups in total. The van der Waals surface area contributed by atoms with Crippen LogP contribution >= 0.6 is 0 Å². The number of nitrogens with zero attached hydrogens (tertiary/aromatic N) is 1. The van der Waals surface area contributed by atoms with Gasteiger partial charge in [0.15, 0.2) is 0 Å². The zero-order valence-corrected chi connectivity index (χ0v) is 15.2. The molecule has 3 nitrogen and oxygen atoms in total. The van der Waals surface area contributed by atoms with Gasteiger partial charge in [-0.05, 0) is 48.9 Å². The molecule has 5 heteroatoms. The summed E-state index contributed by atoms with van der Waals surface area (Å²) in [6.07, 6.45) is 4.12. The highest BCUT2D eigenvalue weighted by atomic mass is 19.3. The second-order valence-electron chi connectivity index (χ2n) is 7.88. The largest absolute Gasteiger partial charge is 0.435 e. The lowest BCUT2D eigenvalue weighted by atomic mass is 9.81. The molecule has 4 rings (SSSR count).